The fourth-order valence-electron chi connectivity index (χ4n) is 2.26. The lowest BCUT2D eigenvalue weighted by atomic mass is 10.2. The van der Waals surface area contributed by atoms with Crippen LogP contribution in [0.25, 0.3) is 0 Å². The van der Waals surface area contributed by atoms with Crippen molar-refractivity contribution in [3.63, 3.8) is 0 Å². The summed E-state index contributed by atoms with van der Waals surface area (Å²) in [6.45, 7) is 2.12. The summed E-state index contributed by atoms with van der Waals surface area (Å²) in [5.74, 6) is 1.55. The van der Waals surface area contributed by atoms with Gasteiger partial charge >= 0.3 is 0 Å². The van der Waals surface area contributed by atoms with Gasteiger partial charge in [-0.1, -0.05) is 12.1 Å². The molecule has 8 heteroatoms. The van der Waals surface area contributed by atoms with Crippen LogP contribution in [-0.4, -0.2) is 28.2 Å². The number of methoxy groups -OCH3 is 1. The second kappa shape index (κ2) is 7.92. The molecule has 1 aromatic heterocycles. The van der Waals surface area contributed by atoms with Crippen LogP contribution in [0.15, 0.2) is 47.6 Å². The van der Waals surface area contributed by atoms with Crippen molar-refractivity contribution >= 4 is 18.4 Å². The Kier molecular flexibility index (Phi) is 5.43. The van der Waals surface area contributed by atoms with Crippen LogP contribution >= 0.6 is 12.2 Å². The van der Waals surface area contributed by atoms with Crippen LogP contribution in [0.3, 0.4) is 0 Å². The molecule has 134 valence electrons. The molecule has 0 spiro atoms. The summed E-state index contributed by atoms with van der Waals surface area (Å²) in [6, 6.07) is 11.6. The molecule has 0 aliphatic heterocycles. The lowest BCUT2D eigenvalue weighted by Crippen LogP contribution is -1.99. The van der Waals surface area contributed by atoms with E-state index in [-0.39, 0.29) is 5.82 Å². The minimum Gasteiger partial charge on any atom is -0.493 e. The van der Waals surface area contributed by atoms with Crippen LogP contribution < -0.4 is 9.47 Å². The van der Waals surface area contributed by atoms with Crippen LogP contribution in [-0.2, 0) is 6.61 Å². The summed E-state index contributed by atoms with van der Waals surface area (Å²) >= 11 is 5.11. The summed E-state index contributed by atoms with van der Waals surface area (Å²) in [4.78, 5) is 0. The first-order valence-corrected chi connectivity index (χ1v) is 8.21. The van der Waals surface area contributed by atoms with Crippen LogP contribution in [0, 0.1) is 17.5 Å². The molecule has 2 aromatic carbocycles. The van der Waals surface area contributed by atoms with Gasteiger partial charge in [-0.25, -0.2) is 4.39 Å². The fourth-order valence-corrected chi connectivity index (χ4v) is 2.48. The molecule has 0 saturated heterocycles. The molecule has 0 radical (unpaired) electrons. The summed E-state index contributed by atoms with van der Waals surface area (Å²) in [5, 5.41) is 11.0. The van der Waals surface area contributed by atoms with Crippen molar-refractivity contribution in [1.82, 2.24) is 14.9 Å². The predicted molar refractivity (Wildman–Crippen MR) is 98.9 cm³/mol. The van der Waals surface area contributed by atoms with E-state index >= 15 is 0 Å². The van der Waals surface area contributed by atoms with E-state index in [0.717, 1.165) is 11.1 Å². The Morgan fingerprint density at radius 2 is 2.00 bits per heavy atom. The Morgan fingerprint density at radius 3 is 2.65 bits per heavy atom. The lowest BCUT2D eigenvalue weighted by Gasteiger charge is -2.11. The zero-order valence-electron chi connectivity index (χ0n) is 14.3. The molecule has 0 fully saturated rings. The van der Waals surface area contributed by atoms with Crippen molar-refractivity contribution in [2.24, 2.45) is 5.10 Å². The van der Waals surface area contributed by atoms with Gasteiger partial charge in [-0.15, -0.1) is 0 Å². The normalized spacial score (nSPS) is 11.0. The number of rotatable bonds is 6. The predicted octanol–water partition coefficient (Wildman–Crippen LogP) is 3.86. The van der Waals surface area contributed by atoms with Gasteiger partial charge in [0.1, 0.15) is 18.2 Å². The first kappa shape index (κ1) is 17.8. The summed E-state index contributed by atoms with van der Waals surface area (Å²) in [6.07, 6.45) is 1.66. The maximum Gasteiger partial charge on any atom is 0.216 e. The van der Waals surface area contributed by atoms with E-state index in [1.807, 2.05) is 12.1 Å². The molecular weight excluding hydrogens is 355 g/mol. The van der Waals surface area contributed by atoms with E-state index in [9.17, 15) is 4.39 Å². The van der Waals surface area contributed by atoms with E-state index in [1.165, 1.54) is 16.8 Å². The van der Waals surface area contributed by atoms with Gasteiger partial charge in [0.25, 0.3) is 0 Å². The molecule has 26 heavy (non-hydrogen) atoms. The van der Waals surface area contributed by atoms with Crippen LogP contribution in [0.4, 0.5) is 4.39 Å². The molecule has 0 saturated carbocycles. The molecule has 0 amide bonds. The summed E-state index contributed by atoms with van der Waals surface area (Å²) in [5.41, 5.74) is 1.68. The van der Waals surface area contributed by atoms with Gasteiger partial charge in [0.2, 0.25) is 4.77 Å². The molecule has 0 aliphatic carbocycles. The van der Waals surface area contributed by atoms with Gasteiger partial charge in [0, 0.05) is 0 Å². The highest BCUT2D eigenvalue weighted by Crippen LogP contribution is 2.28. The number of hydrogen-bond acceptors (Lipinski definition) is 5. The molecule has 0 atom stereocenters. The maximum atomic E-state index is 13.0. The summed E-state index contributed by atoms with van der Waals surface area (Å²) < 4.78 is 26.1. The quantitative estimate of drug-likeness (QED) is 0.527. The molecule has 3 aromatic rings. The third kappa shape index (κ3) is 4.15. The van der Waals surface area contributed by atoms with Gasteiger partial charge in [-0.2, -0.15) is 14.9 Å². The molecule has 0 unspecified atom stereocenters. The number of nitrogens with zero attached hydrogens (tertiary/aromatic N) is 3. The van der Waals surface area contributed by atoms with E-state index in [4.69, 9.17) is 21.7 Å². The number of benzene rings is 2. The van der Waals surface area contributed by atoms with Crippen molar-refractivity contribution in [1.29, 1.82) is 0 Å². The van der Waals surface area contributed by atoms with Gasteiger partial charge in [-0.05, 0) is 60.6 Å². The number of nitrogens with one attached hydrogen (secondary N) is 1. The smallest absolute Gasteiger partial charge is 0.216 e. The molecule has 1 heterocycles. The highest BCUT2D eigenvalue weighted by Gasteiger charge is 2.06. The van der Waals surface area contributed by atoms with Crippen LogP contribution in [0.5, 0.6) is 11.5 Å². The second-order valence-corrected chi connectivity index (χ2v) is 5.84. The van der Waals surface area contributed by atoms with Gasteiger partial charge in [-0.3, -0.25) is 5.10 Å². The van der Waals surface area contributed by atoms with Crippen LogP contribution in [0.1, 0.15) is 17.0 Å². The molecule has 6 nitrogen and oxygen atoms in total. The number of ether oxygens (including phenoxy) is 2. The highest BCUT2D eigenvalue weighted by molar-refractivity contribution is 7.71. The summed E-state index contributed by atoms with van der Waals surface area (Å²) in [7, 11) is 1.57. The SMILES string of the molecule is COc1cc(/C=N\n2c(C)n[nH]c2=S)ccc1OCc1ccc(F)cc1. The van der Waals surface area contributed by atoms with Gasteiger partial charge < -0.3 is 9.47 Å². The Morgan fingerprint density at radius 1 is 1.23 bits per heavy atom. The number of aromatic amines is 1. The average molecular weight is 372 g/mol. The number of H-pyrrole nitrogens is 1. The molecule has 0 aliphatic rings. The Labute approximate surface area is 154 Å². The number of aromatic nitrogens is 3. The van der Waals surface area contributed by atoms with E-state index in [0.29, 0.717) is 28.7 Å². The zero-order valence-corrected chi connectivity index (χ0v) is 15.1. The van der Waals surface area contributed by atoms with E-state index in [1.54, 1.807) is 38.4 Å². The number of aryl methyl sites for hydroxylation is 1. The highest BCUT2D eigenvalue weighted by atomic mass is 32.1. The molecule has 0 bridgehead atoms. The zero-order chi connectivity index (χ0) is 18.5. The maximum absolute atomic E-state index is 13.0. The third-order valence-corrected chi connectivity index (χ3v) is 3.89. The standard InChI is InChI=1S/C18H17FN4O2S/c1-12-21-22-18(26)23(12)20-10-14-5-8-16(17(9-14)24-2)25-11-13-3-6-15(19)7-4-13/h3-10H,11H2,1-2H3,(H,22,26)/b20-10-. The Hall–Kier alpha value is -3.00. The monoisotopic (exact) mass is 372 g/mol. The van der Waals surface area contributed by atoms with Crippen molar-refractivity contribution < 1.29 is 13.9 Å². The third-order valence-electron chi connectivity index (χ3n) is 3.63. The Bertz CT molecular complexity index is 980. The van der Waals surface area contributed by atoms with Gasteiger partial charge in [0.05, 0.1) is 13.3 Å². The van der Waals surface area contributed by atoms with Crippen molar-refractivity contribution in [2.45, 2.75) is 13.5 Å². The number of hydrogen-bond donors (Lipinski definition) is 1. The second-order valence-electron chi connectivity index (χ2n) is 5.46. The van der Waals surface area contributed by atoms with Crippen LogP contribution in [0.2, 0.25) is 0 Å². The topological polar surface area (TPSA) is 64.4 Å². The number of halogens is 1. The van der Waals surface area contributed by atoms with E-state index < -0.39 is 0 Å². The van der Waals surface area contributed by atoms with Gasteiger partial charge in [0.15, 0.2) is 11.5 Å². The van der Waals surface area contributed by atoms with Crippen molar-refractivity contribution in [2.75, 3.05) is 7.11 Å². The van der Waals surface area contributed by atoms with Crippen molar-refractivity contribution in [3.8, 4) is 11.5 Å². The minimum atomic E-state index is -0.275. The first-order valence-electron chi connectivity index (χ1n) is 7.80. The minimum absolute atomic E-state index is 0.275. The van der Waals surface area contributed by atoms with Crippen molar-refractivity contribution in [3.05, 3.63) is 70.0 Å². The fraction of sp³-hybridized carbons (Fsp3) is 0.167. The molecular formula is C18H17FN4O2S. The average Bonchev–Trinajstić information content (AvgIpc) is 2.97. The largest absolute Gasteiger partial charge is 0.493 e. The lowest BCUT2D eigenvalue weighted by molar-refractivity contribution is 0.284. The Balaban J connectivity index is 1.75. The van der Waals surface area contributed by atoms with E-state index in [2.05, 4.69) is 15.3 Å². The first-order chi connectivity index (χ1) is 12.6. The molecule has 3 rings (SSSR count). The molecule has 1 N–H and O–H groups in total.